The van der Waals surface area contributed by atoms with E-state index in [2.05, 4.69) is 22.9 Å². The molecule has 0 amide bonds. The van der Waals surface area contributed by atoms with Crippen LogP contribution in [0.5, 0.6) is 5.75 Å². The zero-order valence-electron chi connectivity index (χ0n) is 18.2. The quantitative estimate of drug-likeness (QED) is 0.218. The molecule has 2 rings (SSSR count). The van der Waals surface area contributed by atoms with E-state index in [0.29, 0.717) is 29.0 Å². The minimum absolute atomic E-state index is 0.237. The van der Waals surface area contributed by atoms with Gasteiger partial charge in [0.2, 0.25) is 0 Å². The summed E-state index contributed by atoms with van der Waals surface area (Å²) in [6.07, 6.45) is 4.24. The van der Waals surface area contributed by atoms with E-state index in [0.717, 1.165) is 22.9 Å². The van der Waals surface area contributed by atoms with Gasteiger partial charge >= 0.3 is 0 Å². The molecule has 164 valence electrons. The number of nitrogens with two attached hydrogens (primary N) is 2. The maximum Gasteiger partial charge on any atom is 0.161 e. The number of rotatable bonds is 6. The summed E-state index contributed by atoms with van der Waals surface area (Å²) in [4.78, 5) is 4.52. The van der Waals surface area contributed by atoms with Gasteiger partial charge in [-0.1, -0.05) is 36.6 Å². The SMILES string of the molecule is C/C=C\C(N=C(N)SC(N)C#Cc1ccc(C#N)cc1)=C(/CC)c1cc(F)ccc1OC. The van der Waals surface area contributed by atoms with E-state index >= 15 is 0 Å². The van der Waals surface area contributed by atoms with Crippen LogP contribution in [0.4, 0.5) is 4.39 Å². The standard InChI is InChI=1S/C25H25FN4OS/c1-4-6-22(20(5-2)21-15-19(26)12-13-23(21)31-3)30-25(29)32-24(28)14-11-17-7-9-18(16-27)10-8-17/h4,6-10,12-13,15,24H,5,28H2,1-3H3,(H2,29,30)/b6-4-,22-20-. The summed E-state index contributed by atoms with van der Waals surface area (Å²) in [5.74, 6) is 6.07. The van der Waals surface area contributed by atoms with E-state index in [9.17, 15) is 4.39 Å². The first kappa shape index (κ1) is 24.7. The Balaban J connectivity index is 2.32. The first-order chi connectivity index (χ1) is 15.4. The second-order valence-corrected chi connectivity index (χ2v) is 7.67. The third kappa shape index (κ3) is 7.02. The maximum absolute atomic E-state index is 13.9. The first-order valence-corrected chi connectivity index (χ1v) is 10.8. The molecule has 0 aromatic heterocycles. The molecule has 0 fully saturated rings. The van der Waals surface area contributed by atoms with Crippen LogP contribution in [0.1, 0.15) is 37.0 Å². The van der Waals surface area contributed by atoms with E-state index in [-0.39, 0.29) is 11.0 Å². The van der Waals surface area contributed by atoms with Gasteiger partial charge in [0, 0.05) is 11.1 Å². The highest BCUT2D eigenvalue weighted by atomic mass is 32.2. The van der Waals surface area contributed by atoms with Crippen molar-refractivity contribution in [1.29, 1.82) is 5.26 Å². The van der Waals surface area contributed by atoms with Gasteiger partial charge in [0.1, 0.15) is 16.9 Å². The predicted molar refractivity (Wildman–Crippen MR) is 130 cm³/mol. The van der Waals surface area contributed by atoms with Crippen LogP contribution in [0, 0.1) is 29.0 Å². The van der Waals surface area contributed by atoms with E-state index in [1.54, 1.807) is 37.4 Å². The number of ether oxygens (including phenoxy) is 1. The number of hydrogen-bond acceptors (Lipinski definition) is 5. The van der Waals surface area contributed by atoms with Gasteiger partial charge in [0.25, 0.3) is 0 Å². The number of allylic oxidation sites excluding steroid dienone is 3. The number of methoxy groups -OCH3 is 1. The van der Waals surface area contributed by atoms with Gasteiger partial charge in [-0.2, -0.15) is 5.26 Å². The van der Waals surface area contributed by atoms with Crippen molar-refractivity contribution in [3.05, 3.63) is 82.8 Å². The minimum atomic E-state index is -0.602. The molecule has 0 bridgehead atoms. The molecule has 4 N–H and O–H groups in total. The molecular formula is C25H25FN4OS. The van der Waals surface area contributed by atoms with Crippen molar-refractivity contribution in [1.82, 2.24) is 0 Å². The van der Waals surface area contributed by atoms with Crippen LogP contribution in [0.15, 0.2) is 65.3 Å². The van der Waals surface area contributed by atoms with Crippen molar-refractivity contribution in [3.8, 4) is 23.7 Å². The lowest BCUT2D eigenvalue weighted by Gasteiger charge is -2.14. The smallest absolute Gasteiger partial charge is 0.161 e. The highest BCUT2D eigenvalue weighted by Crippen LogP contribution is 2.32. The average Bonchev–Trinajstić information content (AvgIpc) is 2.78. The lowest BCUT2D eigenvalue weighted by molar-refractivity contribution is 0.412. The van der Waals surface area contributed by atoms with Crippen molar-refractivity contribution in [2.24, 2.45) is 16.5 Å². The van der Waals surface area contributed by atoms with Crippen LogP contribution in [-0.4, -0.2) is 17.7 Å². The molecular weight excluding hydrogens is 423 g/mol. The third-order valence-electron chi connectivity index (χ3n) is 4.33. The predicted octanol–water partition coefficient (Wildman–Crippen LogP) is 4.79. The fourth-order valence-electron chi connectivity index (χ4n) is 2.88. The molecule has 0 heterocycles. The van der Waals surface area contributed by atoms with Gasteiger partial charge in [-0.3, -0.25) is 0 Å². The molecule has 0 saturated carbocycles. The summed E-state index contributed by atoms with van der Waals surface area (Å²) >= 11 is 1.12. The van der Waals surface area contributed by atoms with Gasteiger partial charge in [-0.05, 0) is 67.5 Å². The highest BCUT2D eigenvalue weighted by molar-refractivity contribution is 8.14. The summed E-state index contributed by atoms with van der Waals surface area (Å²) in [5, 5.41) is 8.49. The van der Waals surface area contributed by atoms with Crippen molar-refractivity contribution >= 4 is 22.5 Å². The van der Waals surface area contributed by atoms with Crippen molar-refractivity contribution < 1.29 is 9.13 Å². The molecule has 2 aromatic carbocycles. The Hall–Kier alpha value is -3.52. The van der Waals surface area contributed by atoms with Crippen LogP contribution in [0.3, 0.4) is 0 Å². The minimum Gasteiger partial charge on any atom is -0.496 e. The topological polar surface area (TPSA) is 97.4 Å². The Labute approximate surface area is 192 Å². The lowest BCUT2D eigenvalue weighted by Crippen LogP contribution is -2.20. The molecule has 0 radical (unpaired) electrons. The van der Waals surface area contributed by atoms with E-state index in [1.165, 1.54) is 12.1 Å². The summed E-state index contributed by atoms with van der Waals surface area (Å²) in [6, 6.07) is 13.3. The number of thioether (sulfide) groups is 1. The molecule has 5 nitrogen and oxygen atoms in total. The Morgan fingerprint density at radius 3 is 2.53 bits per heavy atom. The molecule has 32 heavy (non-hydrogen) atoms. The maximum atomic E-state index is 13.9. The fourth-order valence-corrected chi connectivity index (χ4v) is 3.41. The summed E-state index contributed by atoms with van der Waals surface area (Å²) in [6.45, 7) is 3.82. The van der Waals surface area contributed by atoms with E-state index in [4.69, 9.17) is 21.5 Å². The average molecular weight is 449 g/mol. The molecule has 0 spiro atoms. The van der Waals surface area contributed by atoms with Gasteiger partial charge in [-0.15, -0.1) is 0 Å². The molecule has 7 heteroatoms. The van der Waals surface area contributed by atoms with Gasteiger partial charge in [0.15, 0.2) is 5.17 Å². The van der Waals surface area contributed by atoms with Gasteiger partial charge < -0.3 is 16.2 Å². The summed E-state index contributed by atoms with van der Waals surface area (Å²) in [7, 11) is 1.54. The van der Waals surface area contributed by atoms with E-state index < -0.39 is 5.37 Å². The van der Waals surface area contributed by atoms with Crippen LogP contribution in [0.25, 0.3) is 5.57 Å². The van der Waals surface area contributed by atoms with Gasteiger partial charge in [-0.25, -0.2) is 9.38 Å². The Bertz CT molecular complexity index is 1140. The van der Waals surface area contributed by atoms with Crippen molar-refractivity contribution in [2.75, 3.05) is 7.11 Å². The number of nitrogens with zero attached hydrogens (tertiary/aromatic N) is 2. The fraction of sp³-hybridized carbons (Fsp3) is 0.200. The van der Waals surface area contributed by atoms with Crippen molar-refractivity contribution in [3.63, 3.8) is 0 Å². The normalized spacial score (nSPS) is 13.1. The number of amidine groups is 1. The number of hydrogen-bond donors (Lipinski definition) is 2. The summed E-state index contributed by atoms with van der Waals surface area (Å²) in [5.41, 5.74) is 15.5. The van der Waals surface area contributed by atoms with Crippen LogP contribution in [-0.2, 0) is 0 Å². The molecule has 1 atom stereocenters. The summed E-state index contributed by atoms with van der Waals surface area (Å²) < 4.78 is 19.3. The lowest BCUT2D eigenvalue weighted by atomic mass is 9.99. The number of benzene rings is 2. The molecule has 0 aliphatic carbocycles. The number of aliphatic imine (C=N–C) groups is 1. The van der Waals surface area contributed by atoms with Crippen LogP contribution in [0.2, 0.25) is 0 Å². The zero-order valence-corrected chi connectivity index (χ0v) is 19.0. The Morgan fingerprint density at radius 1 is 1.25 bits per heavy atom. The number of halogens is 1. The van der Waals surface area contributed by atoms with E-state index in [1.807, 2.05) is 26.0 Å². The van der Waals surface area contributed by atoms with Crippen molar-refractivity contribution in [2.45, 2.75) is 25.6 Å². The third-order valence-corrected chi connectivity index (χ3v) is 5.03. The molecule has 0 saturated heterocycles. The highest BCUT2D eigenvalue weighted by Gasteiger charge is 2.13. The Kier molecular flexibility index (Phi) is 9.56. The Morgan fingerprint density at radius 2 is 1.94 bits per heavy atom. The molecule has 2 aromatic rings. The second-order valence-electron chi connectivity index (χ2n) is 6.51. The number of nitriles is 1. The largest absolute Gasteiger partial charge is 0.496 e. The zero-order chi connectivity index (χ0) is 23.5. The second kappa shape index (κ2) is 12.4. The van der Waals surface area contributed by atoms with Crippen LogP contribution < -0.4 is 16.2 Å². The first-order valence-electron chi connectivity index (χ1n) is 9.89. The molecule has 0 aliphatic heterocycles. The molecule has 1 unspecified atom stereocenters. The molecule has 0 aliphatic rings. The van der Waals surface area contributed by atoms with Crippen LogP contribution >= 0.6 is 11.8 Å². The van der Waals surface area contributed by atoms with Gasteiger partial charge in [0.05, 0.1) is 24.4 Å². The monoisotopic (exact) mass is 448 g/mol.